The predicted molar refractivity (Wildman–Crippen MR) is 68.8 cm³/mol. The topological polar surface area (TPSA) is 35.2 Å². The van der Waals surface area contributed by atoms with Crippen molar-refractivity contribution in [3.05, 3.63) is 21.7 Å². The van der Waals surface area contributed by atoms with Crippen LogP contribution < -0.4 is 10.5 Å². The smallest absolute Gasteiger partial charge is 0.419 e. The summed E-state index contributed by atoms with van der Waals surface area (Å²) >= 11 is 2.95. The van der Waals surface area contributed by atoms with E-state index in [-0.39, 0.29) is 21.3 Å². The molecule has 18 heavy (non-hydrogen) atoms. The molecule has 2 N–H and O–H groups in total. The summed E-state index contributed by atoms with van der Waals surface area (Å²) in [6.45, 7) is 5.64. The minimum absolute atomic E-state index is 0.151. The minimum Gasteiger partial charge on any atom is -0.495 e. The van der Waals surface area contributed by atoms with E-state index in [1.807, 2.05) is 20.8 Å². The molecule has 102 valence electrons. The lowest BCUT2D eigenvalue weighted by molar-refractivity contribution is -0.137. The summed E-state index contributed by atoms with van der Waals surface area (Å²) < 4.78 is 43.6. The molecule has 0 aliphatic carbocycles. The van der Waals surface area contributed by atoms with Gasteiger partial charge in [-0.05, 0) is 27.4 Å². The van der Waals surface area contributed by atoms with Gasteiger partial charge >= 0.3 is 6.18 Å². The largest absolute Gasteiger partial charge is 0.495 e. The molecule has 1 aromatic carbocycles. The molecule has 0 heterocycles. The normalized spacial score (nSPS) is 12.7. The van der Waals surface area contributed by atoms with Crippen LogP contribution in [0.5, 0.6) is 5.75 Å². The number of methoxy groups -OCH3 is 1. The van der Waals surface area contributed by atoms with Crippen LogP contribution in [0.3, 0.4) is 0 Å². The molecule has 0 unspecified atom stereocenters. The van der Waals surface area contributed by atoms with Crippen LogP contribution in [0, 0.1) is 0 Å². The van der Waals surface area contributed by atoms with Crippen molar-refractivity contribution in [3.63, 3.8) is 0 Å². The van der Waals surface area contributed by atoms with Gasteiger partial charge in [0.05, 0.1) is 17.1 Å². The molecule has 6 heteroatoms. The van der Waals surface area contributed by atoms with Gasteiger partial charge < -0.3 is 10.5 Å². The van der Waals surface area contributed by atoms with E-state index in [1.165, 1.54) is 13.2 Å². The summed E-state index contributed by atoms with van der Waals surface area (Å²) in [6, 6.07) is 1.33. The Labute approximate surface area is 112 Å². The molecular weight excluding hydrogens is 311 g/mol. The van der Waals surface area contributed by atoms with Crippen LogP contribution in [-0.2, 0) is 11.6 Å². The van der Waals surface area contributed by atoms with E-state index in [4.69, 9.17) is 10.5 Å². The molecule has 0 atom stereocenters. The third-order valence-electron chi connectivity index (χ3n) is 2.55. The highest BCUT2D eigenvalue weighted by Crippen LogP contribution is 2.47. The number of ether oxygens (including phenoxy) is 1. The maximum atomic E-state index is 12.9. The van der Waals surface area contributed by atoms with Gasteiger partial charge in [-0.15, -0.1) is 0 Å². The van der Waals surface area contributed by atoms with Gasteiger partial charge in [-0.3, -0.25) is 0 Å². The molecular formula is C12H15BrF3NO. The lowest BCUT2D eigenvalue weighted by Gasteiger charge is -2.25. The maximum Gasteiger partial charge on any atom is 0.419 e. The Bertz CT molecular complexity index is 464. The Hall–Kier alpha value is -0.910. The van der Waals surface area contributed by atoms with Crippen LogP contribution >= 0.6 is 15.9 Å². The molecule has 0 bridgehead atoms. The van der Waals surface area contributed by atoms with Crippen molar-refractivity contribution in [2.24, 2.45) is 0 Å². The first kappa shape index (κ1) is 15.1. The maximum absolute atomic E-state index is 12.9. The van der Waals surface area contributed by atoms with Gasteiger partial charge in [0.25, 0.3) is 0 Å². The summed E-state index contributed by atoms with van der Waals surface area (Å²) in [5.74, 6) is 0.170. The highest BCUT2D eigenvalue weighted by Gasteiger charge is 2.38. The number of rotatable bonds is 1. The summed E-state index contributed by atoms with van der Waals surface area (Å²) in [7, 11) is 1.34. The lowest BCUT2D eigenvalue weighted by Crippen LogP contribution is -2.17. The van der Waals surface area contributed by atoms with Crippen LogP contribution in [-0.4, -0.2) is 7.11 Å². The van der Waals surface area contributed by atoms with E-state index >= 15 is 0 Å². The van der Waals surface area contributed by atoms with Crippen LogP contribution in [0.15, 0.2) is 10.5 Å². The monoisotopic (exact) mass is 325 g/mol. The second kappa shape index (κ2) is 4.64. The number of halogens is 4. The van der Waals surface area contributed by atoms with Crippen molar-refractivity contribution in [1.29, 1.82) is 0 Å². The van der Waals surface area contributed by atoms with E-state index in [1.54, 1.807) is 0 Å². The van der Waals surface area contributed by atoms with Gasteiger partial charge in [0.1, 0.15) is 5.75 Å². The van der Waals surface area contributed by atoms with Crippen LogP contribution in [0.4, 0.5) is 18.9 Å². The standard InChI is InChI=1S/C12H15BrF3NO/c1-11(2,3)6-5-7(17)8(12(14,15)16)9(13)10(6)18-4/h5H,17H2,1-4H3. The molecule has 0 radical (unpaired) electrons. The fraction of sp³-hybridized carbons (Fsp3) is 0.500. The molecule has 2 nitrogen and oxygen atoms in total. The quantitative estimate of drug-likeness (QED) is 0.779. The van der Waals surface area contributed by atoms with Gasteiger partial charge in [-0.25, -0.2) is 0 Å². The average molecular weight is 326 g/mol. The van der Waals surface area contributed by atoms with E-state index in [0.717, 1.165) is 0 Å². The van der Waals surface area contributed by atoms with Gasteiger partial charge in [0.15, 0.2) is 0 Å². The van der Waals surface area contributed by atoms with Crippen molar-refractivity contribution < 1.29 is 17.9 Å². The number of nitrogens with two attached hydrogens (primary N) is 1. The molecule has 1 aromatic rings. The van der Waals surface area contributed by atoms with E-state index in [0.29, 0.717) is 5.56 Å². The second-order valence-electron chi connectivity index (χ2n) is 4.98. The minimum atomic E-state index is -4.52. The SMILES string of the molecule is COc1c(C(C)(C)C)cc(N)c(C(F)(F)F)c1Br. The van der Waals surface area contributed by atoms with Crippen molar-refractivity contribution in [3.8, 4) is 5.75 Å². The van der Waals surface area contributed by atoms with E-state index in [9.17, 15) is 13.2 Å². The molecule has 0 saturated heterocycles. The Morgan fingerprint density at radius 2 is 1.72 bits per heavy atom. The fourth-order valence-corrected chi connectivity index (χ4v) is 2.53. The number of benzene rings is 1. The highest BCUT2D eigenvalue weighted by atomic mass is 79.9. The number of anilines is 1. The van der Waals surface area contributed by atoms with Gasteiger partial charge in [0.2, 0.25) is 0 Å². The molecule has 1 rings (SSSR count). The molecule has 0 aromatic heterocycles. The molecule has 0 aliphatic rings. The number of nitrogen functional groups attached to an aromatic ring is 1. The predicted octanol–water partition coefficient (Wildman–Crippen LogP) is 4.36. The molecule has 0 aliphatic heterocycles. The molecule has 0 amide bonds. The zero-order chi connectivity index (χ0) is 14.3. The Morgan fingerprint density at radius 3 is 2.06 bits per heavy atom. The Balaban J connectivity index is 3.66. The van der Waals surface area contributed by atoms with Crippen LogP contribution in [0.1, 0.15) is 31.9 Å². The summed E-state index contributed by atoms with van der Waals surface area (Å²) in [5.41, 5.74) is 4.58. The first-order chi connectivity index (χ1) is 8.00. The summed E-state index contributed by atoms with van der Waals surface area (Å²) in [6.07, 6.45) is -4.52. The van der Waals surface area contributed by atoms with Gasteiger partial charge in [-0.1, -0.05) is 20.8 Å². The fourth-order valence-electron chi connectivity index (χ4n) is 1.70. The average Bonchev–Trinajstić information content (AvgIpc) is 2.13. The van der Waals surface area contributed by atoms with Gasteiger partial charge in [0, 0.05) is 11.3 Å². The van der Waals surface area contributed by atoms with Crippen molar-refractivity contribution in [2.75, 3.05) is 12.8 Å². The van der Waals surface area contributed by atoms with E-state index < -0.39 is 11.7 Å². The lowest BCUT2D eigenvalue weighted by atomic mass is 9.85. The first-order valence-corrected chi connectivity index (χ1v) is 6.03. The van der Waals surface area contributed by atoms with E-state index in [2.05, 4.69) is 15.9 Å². The zero-order valence-corrected chi connectivity index (χ0v) is 12.2. The molecule has 0 fully saturated rings. The number of hydrogen-bond donors (Lipinski definition) is 1. The van der Waals surface area contributed by atoms with Crippen LogP contribution in [0.2, 0.25) is 0 Å². The van der Waals surface area contributed by atoms with Gasteiger partial charge in [-0.2, -0.15) is 13.2 Å². The van der Waals surface area contributed by atoms with Crippen LogP contribution in [0.25, 0.3) is 0 Å². The number of hydrogen-bond acceptors (Lipinski definition) is 2. The molecule has 0 spiro atoms. The Morgan fingerprint density at radius 1 is 1.22 bits per heavy atom. The summed E-state index contributed by atoms with van der Waals surface area (Å²) in [4.78, 5) is 0. The zero-order valence-electron chi connectivity index (χ0n) is 10.6. The van der Waals surface area contributed by atoms with Crippen molar-refractivity contribution >= 4 is 21.6 Å². The summed E-state index contributed by atoms with van der Waals surface area (Å²) in [5, 5.41) is 0. The Kier molecular flexibility index (Phi) is 3.91. The third-order valence-corrected chi connectivity index (χ3v) is 3.30. The van der Waals surface area contributed by atoms with Crippen molar-refractivity contribution in [2.45, 2.75) is 32.4 Å². The first-order valence-electron chi connectivity index (χ1n) is 5.23. The second-order valence-corrected chi connectivity index (χ2v) is 5.78. The number of alkyl halides is 3. The van der Waals surface area contributed by atoms with Crippen molar-refractivity contribution in [1.82, 2.24) is 0 Å². The third kappa shape index (κ3) is 2.74. The highest BCUT2D eigenvalue weighted by molar-refractivity contribution is 9.10. The molecule has 0 saturated carbocycles.